The highest BCUT2D eigenvalue weighted by Gasteiger charge is 2.35. The topological polar surface area (TPSA) is 57.6 Å². The van der Waals surface area contributed by atoms with Gasteiger partial charge in [0.25, 0.3) is 0 Å². The minimum absolute atomic E-state index is 0.107. The summed E-state index contributed by atoms with van der Waals surface area (Å²) < 4.78 is 26.5. The highest BCUT2D eigenvalue weighted by atomic mass is 32.2. The first-order valence-corrected chi connectivity index (χ1v) is 7.61. The van der Waals surface area contributed by atoms with Crippen LogP contribution in [-0.4, -0.2) is 37.0 Å². The molecule has 0 radical (unpaired) electrons. The van der Waals surface area contributed by atoms with Crippen LogP contribution in [0, 0.1) is 13.8 Å². The lowest BCUT2D eigenvalue weighted by Crippen LogP contribution is -2.37. The number of rotatable bonds is 3. The summed E-state index contributed by atoms with van der Waals surface area (Å²) >= 11 is 0. The zero-order valence-electron chi connectivity index (χ0n) is 10.8. The first kappa shape index (κ1) is 13.5. The molecule has 0 aromatic heterocycles. The second-order valence-corrected chi connectivity index (χ2v) is 6.72. The molecule has 0 spiro atoms. The number of nitrogens with zero attached hydrogens (tertiary/aromatic N) is 1. The third-order valence-corrected chi connectivity index (χ3v) is 5.56. The average molecular weight is 269 g/mol. The van der Waals surface area contributed by atoms with Crippen LogP contribution in [-0.2, 0) is 10.0 Å². The highest BCUT2D eigenvalue weighted by Crippen LogP contribution is 2.27. The second kappa shape index (κ2) is 4.99. The Morgan fingerprint density at radius 2 is 2.11 bits per heavy atom. The second-order valence-electron chi connectivity index (χ2n) is 4.86. The summed E-state index contributed by atoms with van der Waals surface area (Å²) in [6.07, 6.45) is 1.55. The summed E-state index contributed by atoms with van der Waals surface area (Å²) in [4.78, 5) is 0.355. The molecule has 0 aliphatic carbocycles. The van der Waals surface area contributed by atoms with Gasteiger partial charge in [0.1, 0.15) is 0 Å². The maximum absolute atomic E-state index is 12.6. The van der Waals surface area contributed by atoms with Crippen LogP contribution < -0.4 is 0 Å². The summed E-state index contributed by atoms with van der Waals surface area (Å²) in [5.41, 5.74) is 1.81. The fraction of sp³-hybridized carbons (Fsp3) is 0.538. The summed E-state index contributed by atoms with van der Waals surface area (Å²) in [6.45, 7) is 4.14. The number of aliphatic hydroxyl groups excluding tert-OH is 1. The predicted molar refractivity (Wildman–Crippen MR) is 69.9 cm³/mol. The van der Waals surface area contributed by atoms with Crippen molar-refractivity contribution in [3.05, 3.63) is 29.3 Å². The van der Waals surface area contributed by atoms with E-state index >= 15 is 0 Å². The van der Waals surface area contributed by atoms with E-state index in [0.29, 0.717) is 11.4 Å². The van der Waals surface area contributed by atoms with Crippen molar-refractivity contribution in [3.8, 4) is 0 Å². The Balaban J connectivity index is 2.42. The Morgan fingerprint density at radius 1 is 1.39 bits per heavy atom. The Morgan fingerprint density at radius 3 is 2.72 bits per heavy atom. The van der Waals surface area contributed by atoms with Crippen LogP contribution in [0.4, 0.5) is 0 Å². The van der Waals surface area contributed by atoms with E-state index in [2.05, 4.69) is 0 Å². The van der Waals surface area contributed by atoms with Gasteiger partial charge in [-0.05, 0) is 38.3 Å². The zero-order valence-corrected chi connectivity index (χ0v) is 11.6. The average Bonchev–Trinajstić information content (AvgIpc) is 2.76. The van der Waals surface area contributed by atoms with Crippen LogP contribution in [0.1, 0.15) is 24.0 Å². The quantitative estimate of drug-likeness (QED) is 0.903. The van der Waals surface area contributed by atoms with Crippen LogP contribution in [0.15, 0.2) is 23.1 Å². The van der Waals surface area contributed by atoms with Gasteiger partial charge >= 0.3 is 0 Å². The maximum Gasteiger partial charge on any atom is 0.243 e. The van der Waals surface area contributed by atoms with Crippen molar-refractivity contribution in [3.63, 3.8) is 0 Å². The van der Waals surface area contributed by atoms with E-state index in [1.165, 1.54) is 4.31 Å². The molecule has 4 nitrogen and oxygen atoms in total. The molecule has 18 heavy (non-hydrogen) atoms. The zero-order chi connectivity index (χ0) is 13.3. The molecule has 1 fully saturated rings. The van der Waals surface area contributed by atoms with Gasteiger partial charge in [0.05, 0.1) is 11.5 Å². The maximum atomic E-state index is 12.6. The molecule has 1 aromatic carbocycles. The Hall–Kier alpha value is -0.910. The minimum Gasteiger partial charge on any atom is -0.395 e. The third-order valence-electron chi connectivity index (χ3n) is 3.45. The van der Waals surface area contributed by atoms with Gasteiger partial charge < -0.3 is 5.11 Å². The molecular weight excluding hydrogens is 250 g/mol. The van der Waals surface area contributed by atoms with Gasteiger partial charge in [0.2, 0.25) is 10.0 Å². The number of hydrogen-bond donors (Lipinski definition) is 1. The Labute approximate surface area is 108 Å². The van der Waals surface area contributed by atoms with Gasteiger partial charge in [-0.3, -0.25) is 0 Å². The Kier molecular flexibility index (Phi) is 3.75. The first-order valence-electron chi connectivity index (χ1n) is 6.17. The SMILES string of the molecule is Cc1ccc(S(=O)(=O)N2CCC[C@H]2CO)c(C)c1. The molecule has 0 unspecified atom stereocenters. The van der Waals surface area contributed by atoms with Crippen molar-refractivity contribution >= 4 is 10.0 Å². The number of aliphatic hydroxyl groups is 1. The van der Waals surface area contributed by atoms with Crippen LogP contribution in [0.5, 0.6) is 0 Å². The molecular formula is C13H19NO3S. The molecule has 0 bridgehead atoms. The van der Waals surface area contributed by atoms with E-state index in [1.54, 1.807) is 6.07 Å². The summed E-state index contributed by atoms with van der Waals surface area (Å²) in [5, 5.41) is 9.25. The fourth-order valence-corrected chi connectivity index (χ4v) is 4.42. The fourth-order valence-electron chi connectivity index (χ4n) is 2.52. The van der Waals surface area contributed by atoms with Crippen molar-refractivity contribution in [1.82, 2.24) is 4.31 Å². The highest BCUT2D eigenvalue weighted by molar-refractivity contribution is 7.89. The van der Waals surface area contributed by atoms with Gasteiger partial charge in [0, 0.05) is 12.6 Å². The van der Waals surface area contributed by atoms with Crippen LogP contribution in [0.2, 0.25) is 0 Å². The number of sulfonamides is 1. The number of aryl methyl sites for hydroxylation is 2. The lowest BCUT2D eigenvalue weighted by Gasteiger charge is -2.23. The third kappa shape index (κ3) is 2.30. The molecule has 1 atom stereocenters. The van der Waals surface area contributed by atoms with Crippen molar-refractivity contribution in [2.24, 2.45) is 0 Å². The molecule has 1 saturated heterocycles. The van der Waals surface area contributed by atoms with E-state index in [1.807, 2.05) is 26.0 Å². The minimum atomic E-state index is -3.47. The van der Waals surface area contributed by atoms with Crippen molar-refractivity contribution in [1.29, 1.82) is 0 Å². The predicted octanol–water partition coefficient (Wildman–Crippen LogP) is 1.45. The lowest BCUT2D eigenvalue weighted by atomic mass is 10.2. The van der Waals surface area contributed by atoms with E-state index in [0.717, 1.165) is 24.0 Å². The molecule has 1 aliphatic heterocycles. The molecule has 1 heterocycles. The van der Waals surface area contributed by atoms with E-state index in [9.17, 15) is 13.5 Å². The molecule has 0 amide bonds. The standard InChI is InChI=1S/C13H19NO3S/c1-10-5-6-13(11(2)8-10)18(16,17)14-7-3-4-12(14)9-15/h5-6,8,12,15H,3-4,7,9H2,1-2H3/t12-/m0/s1. The smallest absolute Gasteiger partial charge is 0.243 e. The summed E-state index contributed by atoms with van der Waals surface area (Å²) in [7, 11) is -3.47. The van der Waals surface area contributed by atoms with Crippen LogP contribution in [0.25, 0.3) is 0 Å². The normalized spacial score (nSPS) is 21.4. The van der Waals surface area contributed by atoms with Crippen LogP contribution in [0.3, 0.4) is 0 Å². The van der Waals surface area contributed by atoms with Crippen molar-refractivity contribution in [2.75, 3.05) is 13.2 Å². The van der Waals surface area contributed by atoms with Crippen molar-refractivity contribution < 1.29 is 13.5 Å². The Bertz CT molecular complexity index is 539. The van der Waals surface area contributed by atoms with Gasteiger partial charge in [0.15, 0.2) is 0 Å². The van der Waals surface area contributed by atoms with E-state index in [4.69, 9.17) is 0 Å². The van der Waals surface area contributed by atoms with Crippen LogP contribution >= 0.6 is 0 Å². The monoisotopic (exact) mass is 269 g/mol. The molecule has 5 heteroatoms. The van der Waals surface area contributed by atoms with Gasteiger partial charge in [-0.25, -0.2) is 8.42 Å². The van der Waals surface area contributed by atoms with E-state index in [-0.39, 0.29) is 12.6 Å². The molecule has 100 valence electrons. The molecule has 1 aliphatic rings. The van der Waals surface area contributed by atoms with Crippen molar-refractivity contribution in [2.45, 2.75) is 37.6 Å². The number of hydrogen-bond acceptors (Lipinski definition) is 3. The number of benzene rings is 1. The molecule has 1 N–H and O–H groups in total. The van der Waals surface area contributed by atoms with Gasteiger partial charge in [-0.15, -0.1) is 0 Å². The van der Waals surface area contributed by atoms with E-state index < -0.39 is 10.0 Å². The summed E-state index contributed by atoms with van der Waals surface area (Å²) in [6, 6.07) is 5.07. The largest absolute Gasteiger partial charge is 0.395 e. The molecule has 1 aromatic rings. The molecule has 0 saturated carbocycles. The van der Waals surface area contributed by atoms with Gasteiger partial charge in [-0.2, -0.15) is 4.31 Å². The van der Waals surface area contributed by atoms with Gasteiger partial charge in [-0.1, -0.05) is 17.7 Å². The summed E-state index contributed by atoms with van der Waals surface area (Å²) in [5.74, 6) is 0. The molecule has 2 rings (SSSR count). The first-order chi connectivity index (χ1) is 8.46. The lowest BCUT2D eigenvalue weighted by molar-refractivity contribution is 0.213.